The molecule has 12 nitrogen and oxygen atoms in total. The second kappa shape index (κ2) is 12.3. The molecule has 0 heterocycles. The predicted molar refractivity (Wildman–Crippen MR) is 186 cm³/mol. The molecule has 8 atom stereocenters. The van der Waals surface area contributed by atoms with Gasteiger partial charge in [-0.2, -0.15) is 8.42 Å². The van der Waals surface area contributed by atoms with Gasteiger partial charge in [0.15, 0.2) is 5.75 Å². The van der Waals surface area contributed by atoms with Crippen LogP contribution in [0, 0.1) is 34.5 Å². The summed E-state index contributed by atoms with van der Waals surface area (Å²) in [5, 5.41) is 0. The molecule has 8 rings (SSSR count). The van der Waals surface area contributed by atoms with E-state index in [1.54, 1.807) is 6.07 Å². The number of carbonyl (C=O) groups is 3. The molecule has 6 aliphatic rings. The van der Waals surface area contributed by atoms with Crippen LogP contribution in [0.5, 0.6) is 23.0 Å². The van der Waals surface area contributed by atoms with Crippen molar-refractivity contribution in [1.29, 1.82) is 0 Å². The van der Waals surface area contributed by atoms with Crippen LogP contribution in [0.25, 0.3) is 0 Å². The molecule has 4 saturated carbocycles. The highest BCUT2D eigenvalue weighted by molar-refractivity contribution is 7.82. The number of esters is 1. The Balaban J connectivity index is 1.08. The standard InChI is InChI=1S/C38H44O12S2/c1-20(39)47-31-18-23(16-21-4-6-25-27(35(21)31)12-14-37(2)29(25)8-10-33(37)40)48-52(45,46)49-24-17-22-5-7-26-28(36(22)32(19-24)50-51(42,43)44)13-15-38(3)30(26)9-11-34(38)41/h16-19,25-30H,4-15H2,1-3H3,(H,42,43,44)/t25?,26?,27?,28?,29?,30?,37-,38-/m0/s1. The third-order valence-corrected chi connectivity index (χ3v) is 15.0. The number of fused-ring (bicyclic) bond motifs is 10. The van der Waals surface area contributed by atoms with Crippen molar-refractivity contribution in [1.82, 2.24) is 0 Å². The van der Waals surface area contributed by atoms with E-state index < -0.39 is 32.2 Å². The summed E-state index contributed by atoms with van der Waals surface area (Å²) in [5.41, 5.74) is 2.10. The molecule has 0 radical (unpaired) electrons. The van der Waals surface area contributed by atoms with Gasteiger partial charge in [-0.05, 0) is 123 Å². The molecule has 2 aromatic carbocycles. The van der Waals surface area contributed by atoms with Crippen LogP contribution in [0.15, 0.2) is 24.3 Å². The average Bonchev–Trinajstić information content (AvgIpc) is 3.52. The van der Waals surface area contributed by atoms with E-state index in [1.165, 1.54) is 19.1 Å². The highest BCUT2D eigenvalue weighted by Crippen LogP contribution is 2.62. The minimum Gasteiger partial charge on any atom is -0.426 e. The van der Waals surface area contributed by atoms with Gasteiger partial charge in [-0.1, -0.05) is 13.8 Å². The van der Waals surface area contributed by atoms with Crippen molar-refractivity contribution >= 4 is 38.3 Å². The van der Waals surface area contributed by atoms with Crippen LogP contribution < -0.4 is 17.3 Å². The number of ketones is 2. The Kier molecular flexibility index (Phi) is 8.39. The highest BCUT2D eigenvalue weighted by atomic mass is 32.3. The Bertz CT molecular complexity index is 2110. The van der Waals surface area contributed by atoms with Gasteiger partial charge in [0, 0.05) is 53.9 Å². The van der Waals surface area contributed by atoms with Gasteiger partial charge in [-0.25, -0.2) is 0 Å². The van der Waals surface area contributed by atoms with Crippen molar-refractivity contribution in [3.05, 3.63) is 46.5 Å². The first-order valence-electron chi connectivity index (χ1n) is 18.4. The Labute approximate surface area is 304 Å². The second-order valence-corrected chi connectivity index (χ2v) is 18.5. The van der Waals surface area contributed by atoms with Crippen LogP contribution in [-0.4, -0.2) is 38.9 Å². The highest BCUT2D eigenvalue weighted by Gasteiger charge is 2.56. The van der Waals surface area contributed by atoms with Crippen molar-refractivity contribution in [3.63, 3.8) is 0 Å². The molecule has 4 fully saturated rings. The molecule has 0 saturated heterocycles. The molecule has 0 amide bonds. The van der Waals surface area contributed by atoms with Gasteiger partial charge in [0.05, 0.1) is 0 Å². The Morgan fingerprint density at radius 2 is 1.13 bits per heavy atom. The van der Waals surface area contributed by atoms with E-state index in [0.29, 0.717) is 55.4 Å². The molecule has 2 aromatic rings. The quantitative estimate of drug-likeness (QED) is 0.189. The van der Waals surface area contributed by atoms with Crippen LogP contribution in [0.3, 0.4) is 0 Å². The molecule has 0 aliphatic heterocycles. The van der Waals surface area contributed by atoms with Crippen molar-refractivity contribution in [2.75, 3.05) is 0 Å². The second-order valence-electron chi connectivity index (χ2n) is 16.3. The molecule has 6 unspecified atom stereocenters. The van der Waals surface area contributed by atoms with Crippen molar-refractivity contribution in [2.24, 2.45) is 34.5 Å². The van der Waals surface area contributed by atoms with E-state index in [1.807, 2.05) is 6.92 Å². The lowest BCUT2D eigenvalue weighted by Crippen LogP contribution is -2.42. The molecule has 0 aromatic heterocycles. The zero-order valence-corrected chi connectivity index (χ0v) is 31.1. The molecule has 1 N–H and O–H groups in total. The van der Waals surface area contributed by atoms with Gasteiger partial charge in [-0.15, -0.1) is 8.42 Å². The molecule has 0 bridgehead atoms. The normalized spacial score (nSPS) is 33.5. The maximum absolute atomic E-state index is 13.4. The lowest BCUT2D eigenvalue weighted by atomic mass is 9.55. The number of Topliss-reactive ketones (excluding diaryl/α,β-unsaturated/α-hetero) is 2. The summed E-state index contributed by atoms with van der Waals surface area (Å²) in [6.45, 7) is 5.38. The summed E-state index contributed by atoms with van der Waals surface area (Å²) in [6, 6.07) is 5.66. The fourth-order valence-corrected chi connectivity index (χ4v) is 12.7. The fraction of sp³-hybridized carbons (Fsp3) is 0.605. The number of hydrogen-bond acceptors (Lipinski definition) is 11. The monoisotopic (exact) mass is 756 g/mol. The average molecular weight is 757 g/mol. The number of aryl methyl sites for hydroxylation is 2. The van der Waals surface area contributed by atoms with Gasteiger partial charge in [0.25, 0.3) is 0 Å². The summed E-state index contributed by atoms with van der Waals surface area (Å²) in [4.78, 5) is 37.9. The smallest absolute Gasteiger partial charge is 0.426 e. The van der Waals surface area contributed by atoms with Crippen LogP contribution in [0.4, 0.5) is 0 Å². The molecule has 52 heavy (non-hydrogen) atoms. The molecular weight excluding hydrogens is 713 g/mol. The molecule has 6 aliphatic carbocycles. The Morgan fingerprint density at radius 1 is 0.673 bits per heavy atom. The number of carbonyl (C=O) groups excluding carboxylic acids is 3. The Hall–Kier alpha value is -3.49. The maximum Gasteiger partial charge on any atom is 0.500 e. The number of rotatable bonds is 7. The van der Waals surface area contributed by atoms with Crippen LogP contribution >= 0.6 is 0 Å². The first kappa shape index (κ1) is 35.5. The molecular formula is C38H44O12S2. The number of benzene rings is 2. The van der Waals surface area contributed by atoms with E-state index in [4.69, 9.17) is 17.3 Å². The maximum atomic E-state index is 13.4. The lowest BCUT2D eigenvalue weighted by molar-refractivity contribution is -0.132. The van der Waals surface area contributed by atoms with Crippen LogP contribution in [0.2, 0.25) is 0 Å². The fourth-order valence-electron chi connectivity index (χ4n) is 11.6. The van der Waals surface area contributed by atoms with E-state index in [9.17, 15) is 35.8 Å². The lowest BCUT2D eigenvalue weighted by Gasteiger charge is -2.48. The van der Waals surface area contributed by atoms with E-state index in [0.717, 1.165) is 55.7 Å². The summed E-state index contributed by atoms with van der Waals surface area (Å²) < 4.78 is 82.2. The summed E-state index contributed by atoms with van der Waals surface area (Å²) >= 11 is 0. The molecule has 14 heteroatoms. The van der Waals surface area contributed by atoms with Crippen molar-refractivity contribution in [3.8, 4) is 23.0 Å². The Morgan fingerprint density at radius 3 is 1.60 bits per heavy atom. The van der Waals surface area contributed by atoms with Crippen molar-refractivity contribution in [2.45, 2.75) is 110 Å². The summed E-state index contributed by atoms with van der Waals surface area (Å²) in [6.07, 6.45) is 8.02. The van der Waals surface area contributed by atoms with E-state index in [-0.39, 0.29) is 69.7 Å². The van der Waals surface area contributed by atoms with Crippen molar-refractivity contribution < 1.29 is 53.1 Å². The number of hydrogen-bond donors (Lipinski definition) is 1. The van der Waals surface area contributed by atoms with E-state index in [2.05, 4.69) is 6.92 Å². The summed E-state index contributed by atoms with van der Waals surface area (Å²) in [5.74, 6) is 0.259. The molecule has 0 spiro atoms. The first-order valence-corrected chi connectivity index (χ1v) is 21.0. The zero-order chi connectivity index (χ0) is 37.0. The summed E-state index contributed by atoms with van der Waals surface area (Å²) in [7, 11) is -9.82. The first-order chi connectivity index (χ1) is 24.5. The van der Waals surface area contributed by atoms with Gasteiger partial charge < -0.3 is 17.3 Å². The minimum absolute atomic E-state index is 0.0485. The van der Waals surface area contributed by atoms with Gasteiger partial charge in [0.1, 0.15) is 28.8 Å². The number of ether oxygens (including phenoxy) is 1. The molecule has 280 valence electrons. The van der Waals surface area contributed by atoms with Gasteiger partial charge in [0.2, 0.25) is 0 Å². The van der Waals surface area contributed by atoms with Crippen LogP contribution in [-0.2, 0) is 48.0 Å². The third kappa shape index (κ3) is 5.92. The van der Waals surface area contributed by atoms with Gasteiger partial charge >= 0.3 is 26.8 Å². The zero-order valence-electron chi connectivity index (χ0n) is 29.5. The largest absolute Gasteiger partial charge is 0.500 e. The van der Waals surface area contributed by atoms with Crippen LogP contribution in [0.1, 0.15) is 119 Å². The third-order valence-electron chi connectivity index (χ3n) is 13.8. The minimum atomic E-state index is -4.99. The SMILES string of the molecule is CC(=O)Oc1cc(OS(=O)(=O)Oc2cc3c(c(OS(=O)(=O)O)c2)C2CC[C@]4(C)C(=O)CCC4C2CC3)cc2c1C1CC[C@]3(C)C(=O)CCC3C1CC2. The van der Waals surface area contributed by atoms with Gasteiger partial charge in [-0.3, -0.25) is 18.9 Å². The predicted octanol–water partition coefficient (Wildman–Crippen LogP) is 6.35. The van der Waals surface area contributed by atoms with E-state index >= 15 is 0 Å². The topological polar surface area (TPSA) is 177 Å².